The summed E-state index contributed by atoms with van der Waals surface area (Å²) in [5.41, 5.74) is 2.91. The second-order valence-corrected chi connectivity index (χ2v) is 5.24. The second-order valence-electron chi connectivity index (χ2n) is 5.24. The number of rotatable bonds is 7. The number of hydrogen-bond donors (Lipinski definition) is 2. The molecule has 110 valence electrons. The molecule has 0 fully saturated rings. The number of aromatic hydroxyl groups is 1. The molecule has 0 bridgehead atoms. The molecule has 0 saturated carbocycles. The van der Waals surface area contributed by atoms with Gasteiger partial charge < -0.3 is 10.2 Å². The number of phenols is 1. The molecule has 0 atom stereocenters. The fourth-order valence-electron chi connectivity index (χ4n) is 2.28. The lowest BCUT2D eigenvalue weighted by atomic mass is 9.94. The molecule has 0 aliphatic heterocycles. The molecule has 0 radical (unpaired) electrons. The van der Waals surface area contributed by atoms with Crippen molar-refractivity contribution in [2.24, 2.45) is 0 Å². The van der Waals surface area contributed by atoms with E-state index in [0.29, 0.717) is 31.2 Å². The normalized spacial score (nSPS) is 10.6. The number of carboxylic acid groups (broad SMARTS) is 1. The minimum Gasteiger partial charge on any atom is -0.507 e. The lowest BCUT2D eigenvalue weighted by molar-refractivity contribution is -0.137. The van der Waals surface area contributed by atoms with Gasteiger partial charge in [0, 0.05) is 12.8 Å². The van der Waals surface area contributed by atoms with E-state index in [4.69, 9.17) is 5.11 Å². The smallest absolute Gasteiger partial charge is 0.303 e. The van der Waals surface area contributed by atoms with E-state index in [9.17, 15) is 14.7 Å². The molecule has 0 spiro atoms. The summed E-state index contributed by atoms with van der Waals surface area (Å²) in [6.07, 6.45) is 2.43. The first-order chi connectivity index (χ1) is 9.34. The van der Waals surface area contributed by atoms with Crippen molar-refractivity contribution in [3.8, 4) is 5.75 Å². The number of unbranched alkanes of at least 4 members (excludes halogenated alkanes) is 2. The van der Waals surface area contributed by atoms with Gasteiger partial charge in [0.25, 0.3) is 0 Å². The van der Waals surface area contributed by atoms with Crippen LogP contribution in [0.3, 0.4) is 0 Å². The van der Waals surface area contributed by atoms with E-state index in [1.807, 2.05) is 19.9 Å². The molecule has 0 aliphatic carbocycles. The number of aryl methyl sites for hydroxylation is 2. The van der Waals surface area contributed by atoms with Crippen LogP contribution in [-0.4, -0.2) is 22.0 Å². The van der Waals surface area contributed by atoms with E-state index in [-0.39, 0.29) is 18.0 Å². The first-order valence-electron chi connectivity index (χ1n) is 6.89. The Labute approximate surface area is 119 Å². The van der Waals surface area contributed by atoms with Crippen LogP contribution >= 0.6 is 0 Å². The number of carbonyl (C=O) groups is 2. The second kappa shape index (κ2) is 7.08. The quantitative estimate of drug-likeness (QED) is 0.591. The number of ketones is 1. The SMILES string of the molecule is Cc1cc(C)c(C(=O)CCCCCC(=O)O)c(O)c1C. The molecule has 20 heavy (non-hydrogen) atoms. The largest absolute Gasteiger partial charge is 0.507 e. The molecule has 0 amide bonds. The van der Waals surface area contributed by atoms with Crippen LogP contribution < -0.4 is 0 Å². The van der Waals surface area contributed by atoms with Crippen molar-refractivity contribution in [2.75, 3.05) is 0 Å². The molecule has 2 N–H and O–H groups in total. The number of Topliss-reactive ketones (excluding diaryl/α,β-unsaturated/α-hetero) is 1. The average Bonchev–Trinajstić information content (AvgIpc) is 2.35. The Kier molecular flexibility index (Phi) is 5.74. The molecule has 0 heterocycles. The van der Waals surface area contributed by atoms with Crippen LogP contribution in [0.1, 0.15) is 59.2 Å². The third-order valence-corrected chi connectivity index (χ3v) is 3.58. The summed E-state index contributed by atoms with van der Waals surface area (Å²) < 4.78 is 0. The number of phenolic OH excluding ortho intramolecular Hbond substituents is 1. The topological polar surface area (TPSA) is 74.6 Å². The van der Waals surface area contributed by atoms with Gasteiger partial charge in [0.05, 0.1) is 5.56 Å². The summed E-state index contributed by atoms with van der Waals surface area (Å²) >= 11 is 0. The highest BCUT2D eigenvalue weighted by Gasteiger charge is 2.17. The molecular weight excluding hydrogens is 256 g/mol. The van der Waals surface area contributed by atoms with Gasteiger partial charge >= 0.3 is 5.97 Å². The Morgan fingerprint density at radius 2 is 1.60 bits per heavy atom. The molecule has 0 saturated heterocycles. The molecule has 0 aliphatic rings. The van der Waals surface area contributed by atoms with E-state index in [1.165, 1.54) is 0 Å². The number of carboxylic acids is 1. The van der Waals surface area contributed by atoms with Crippen molar-refractivity contribution in [1.82, 2.24) is 0 Å². The maximum Gasteiger partial charge on any atom is 0.303 e. The van der Waals surface area contributed by atoms with Crippen LogP contribution in [0.25, 0.3) is 0 Å². The molecular formula is C16H22O4. The Morgan fingerprint density at radius 3 is 2.20 bits per heavy atom. The Hall–Kier alpha value is -1.84. The predicted octanol–water partition coefficient (Wildman–Crippen LogP) is 3.54. The Balaban J connectivity index is 2.65. The fourth-order valence-corrected chi connectivity index (χ4v) is 2.28. The molecule has 4 nitrogen and oxygen atoms in total. The number of hydrogen-bond acceptors (Lipinski definition) is 3. The Morgan fingerprint density at radius 1 is 1.00 bits per heavy atom. The van der Waals surface area contributed by atoms with Crippen molar-refractivity contribution >= 4 is 11.8 Å². The zero-order valence-corrected chi connectivity index (χ0v) is 12.3. The van der Waals surface area contributed by atoms with Gasteiger partial charge in [0.2, 0.25) is 0 Å². The minimum absolute atomic E-state index is 0.0709. The highest BCUT2D eigenvalue weighted by atomic mass is 16.4. The molecule has 0 unspecified atom stereocenters. The van der Waals surface area contributed by atoms with Crippen molar-refractivity contribution in [3.05, 3.63) is 28.3 Å². The molecule has 1 aromatic carbocycles. The highest BCUT2D eigenvalue weighted by Crippen LogP contribution is 2.29. The van der Waals surface area contributed by atoms with E-state index in [2.05, 4.69) is 0 Å². The van der Waals surface area contributed by atoms with Crippen molar-refractivity contribution in [3.63, 3.8) is 0 Å². The van der Waals surface area contributed by atoms with E-state index >= 15 is 0 Å². The fraction of sp³-hybridized carbons (Fsp3) is 0.500. The summed E-state index contributed by atoms with van der Waals surface area (Å²) in [7, 11) is 0. The first-order valence-corrected chi connectivity index (χ1v) is 6.89. The van der Waals surface area contributed by atoms with Crippen molar-refractivity contribution in [2.45, 2.75) is 52.9 Å². The summed E-state index contributed by atoms with van der Waals surface area (Å²) in [6.45, 7) is 5.53. The lowest BCUT2D eigenvalue weighted by Crippen LogP contribution is -2.04. The van der Waals surface area contributed by atoms with E-state index in [0.717, 1.165) is 16.7 Å². The summed E-state index contributed by atoms with van der Waals surface area (Å²) in [6, 6.07) is 1.91. The van der Waals surface area contributed by atoms with Crippen LogP contribution in [0.5, 0.6) is 5.75 Å². The Bertz CT molecular complexity index is 518. The summed E-state index contributed by atoms with van der Waals surface area (Å²) in [5.74, 6) is -0.796. The molecule has 0 aromatic heterocycles. The monoisotopic (exact) mass is 278 g/mol. The maximum atomic E-state index is 12.2. The third kappa shape index (κ3) is 4.08. The highest BCUT2D eigenvalue weighted by molar-refractivity contribution is 6.00. The van der Waals surface area contributed by atoms with Crippen LogP contribution in [0.15, 0.2) is 6.07 Å². The van der Waals surface area contributed by atoms with Crippen LogP contribution in [0.4, 0.5) is 0 Å². The van der Waals surface area contributed by atoms with Gasteiger partial charge in [-0.25, -0.2) is 0 Å². The predicted molar refractivity (Wildman–Crippen MR) is 77.4 cm³/mol. The van der Waals surface area contributed by atoms with E-state index in [1.54, 1.807) is 6.92 Å². The minimum atomic E-state index is -0.807. The maximum absolute atomic E-state index is 12.2. The van der Waals surface area contributed by atoms with Crippen LogP contribution in [0, 0.1) is 20.8 Å². The third-order valence-electron chi connectivity index (χ3n) is 3.58. The standard InChI is InChI=1S/C16H22O4/c1-10-9-11(2)15(16(20)12(10)3)13(17)7-5-4-6-8-14(18)19/h9,20H,4-8H2,1-3H3,(H,18,19). The first kappa shape index (κ1) is 16.2. The van der Waals surface area contributed by atoms with Gasteiger partial charge in [-0.15, -0.1) is 0 Å². The van der Waals surface area contributed by atoms with Crippen LogP contribution in [-0.2, 0) is 4.79 Å². The average molecular weight is 278 g/mol. The van der Waals surface area contributed by atoms with Gasteiger partial charge in [-0.3, -0.25) is 9.59 Å². The lowest BCUT2D eigenvalue weighted by Gasteiger charge is -2.12. The van der Waals surface area contributed by atoms with Gasteiger partial charge in [0.15, 0.2) is 5.78 Å². The summed E-state index contributed by atoms with van der Waals surface area (Å²) in [5, 5.41) is 18.6. The van der Waals surface area contributed by atoms with Gasteiger partial charge in [-0.1, -0.05) is 12.5 Å². The van der Waals surface area contributed by atoms with Gasteiger partial charge in [-0.05, 0) is 50.3 Å². The van der Waals surface area contributed by atoms with Crippen LogP contribution in [0.2, 0.25) is 0 Å². The number of carbonyl (C=O) groups excluding carboxylic acids is 1. The number of benzene rings is 1. The number of aliphatic carboxylic acids is 1. The molecule has 1 aromatic rings. The molecule has 1 rings (SSSR count). The van der Waals surface area contributed by atoms with E-state index < -0.39 is 5.97 Å². The van der Waals surface area contributed by atoms with Gasteiger partial charge in [-0.2, -0.15) is 0 Å². The summed E-state index contributed by atoms with van der Waals surface area (Å²) in [4.78, 5) is 22.5. The van der Waals surface area contributed by atoms with Gasteiger partial charge in [0.1, 0.15) is 5.75 Å². The van der Waals surface area contributed by atoms with Crippen molar-refractivity contribution in [1.29, 1.82) is 0 Å². The molecule has 4 heteroatoms. The zero-order chi connectivity index (χ0) is 15.3. The zero-order valence-electron chi connectivity index (χ0n) is 12.3. The van der Waals surface area contributed by atoms with Crippen molar-refractivity contribution < 1.29 is 19.8 Å².